The summed E-state index contributed by atoms with van der Waals surface area (Å²) in [5.41, 5.74) is 2.66. The van der Waals surface area contributed by atoms with E-state index in [2.05, 4.69) is 15.3 Å². The van der Waals surface area contributed by atoms with Gasteiger partial charge in [0, 0.05) is 12.3 Å². The zero-order valence-corrected chi connectivity index (χ0v) is 12.2. The second kappa shape index (κ2) is 5.40. The van der Waals surface area contributed by atoms with Crippen molar-refractivity contribution in [1.82, 2.24) is 15.3 Å². The summed E-state index contributed by atoms with van der Waals surface area (Å²) in [6.45, 7) is 1.70. The van der Waals surface area contributed by atoms with Crippen LogP contribution in [0.5, 0.6) is 5.75 Å². The van der Waals surface area contributed by atoms with Crippen LogP contribution >= 0.6 is 0 Å². The number of Topliss-reactive ketones (excluding diaryl/α,β-unsaturated/α-hetero) is 1. The van der Waals surface area contributed by atoms with Gasteiger partial charge in [-0.3, -0.25) is 9.59 Å². The van der Waals surface area contributed by atoms with Crippen molar-refractivity contribution < 1.29 is 14.3 Å². The molecule has 1 aliphatic heterocycles. The van der Waals surface area contributed by atoms with Crippen LogP contribution in [-0.4, -0.2) is 28.8 Å². The van der Waals surface area contributed by atoms with Gasteiger partial charge in [-0.25, -0.2) is 0 Å². The monoisotopic (exact) mass is 297 g/mol. The van der Waals surface area contributed by atoms with E-state index in [0.717, 1.165) is 11.4 Å². The molecule has 0 unspecified atom stereocenters. The third-order valence-corrected chi connectivity index (χ3v) is 3.48. The van der Waals surface area contributed by atoms with Gasteiger partial charge < -0.3 is 20.0 Å². The Hall–Kier alpha value is -3.02. The van der Waals surface area contributed by atoms with E-state index in [0.29, 0.717) is 17.1 Å². The fraction of sp³-hybridized carbons (Fsp3) is 0.125. The molecule has 3 heterocycles. The molecule has 2 aromatic heterocycles. The molecule has 0 aliphatic carbocycles. The quantitative estimate of drug-likeness (QED) is 0.598. The fourth-order valence-corrected chi connectivity index (χ4v) is 2.34. The van der Waals surface area contributed by atoms with Crippen LogP contribution in [-0.2, 0) is 9.59 Å². The van der Waals surface area contributed by atoms with Gasteiger partial charge >= 0.3 is 0 Å². The minimum Gasteiger partial charge on any atom is -0.494 e. The van der Waals surface area contributed by atoms with Gasteiger partial charge in [-0.15, -0.1) is 0 Å². The Morgan fingerprint density at radius 3 is 2.64 bits per heavy atom. The predicted octanol–water partition coefficient (Wildman–Crippen LogP) is 2.00. The summed E-state index contributed by atoms with van der Waals surface area (Å²) < 4.78 is 5.31. The van der Waals surface area contributed by atoms with Gasteiger partial charge in [-0.2, -0.15) is 0 Å². The lowest BCUT2D eigenvalue weighted by Gasteiger charge is -1.97. The number of allylic oxidation sites excluding steroid dienone is 2. The number of hydrogen-bond donors (Lipinski definition) is 3. The topological polar surface area (TPSA) is 87.0 Å². The van der Waals surface area contributed by atoms with Crippen LogP contribution in [0, 0.1) is 0 Å². The van der Waals surface area contributed by atoms with E-state index >= 15 is 0 Å². The molecule has 0 atom stereocenters. The van der Waals surface area contributed by atoms with E-state index in [1.54, 1.807) is 13.0 Å². The Morgan fingerprint density at radius 2 is 2.05 bits per heavy atom. The number of aromatic nitrogens is 2. The normalized spacial score (nSPS) is 18.3. The van der Waals surface area contributed by atoms with Crippen LogP contribution < -0.4 is 10.1 Å². The molecule has 22 heavy (non-hydrogen) atoms. The maximum absolute atomic E-state index is 12.1. The van der Waals surface area contributed by atoms with E-state index in [4.69, 9.17) is 4.74 Å². The first kappa shape index (κ1) is 13.9. The lowest BCUT2D eigenvalue weighted by atomic mass is 10.1. The zero-order valence-electron chi connectivity index (χ0n) is 12.2. The number of H-pyrrole nitrogens is 2. The molecule has 0 radical (unpaired) electrons. The first-order valence-corrected chi connectivity index (χ1v) is 6.79. The van der Waals surface area contributed by atoms with Crippen molar-refractivity contribution in [2.24, 2.45) is 0 Å². The van der Waals surface area contributed by atoms with Gasteiger partial charge in [0.1, 0.15) is 5.75 Å². The number of hydrogen-bond acceptors (Lipinski definition) is 3. The molecule has 1 fully saturated rings. The highest BCUT2D eigenvalue weighted by atomic mass is 16.5. The number of rotatable bonds is 3. The summed E-state index contributed by atoms with van der Waals surface area (Å²) in [5, 5.41) is 2.54. The maximum atomic E-state index is 12.1. The van der Waals surface area contributed by atoms with Crippen molar-refractivity contribution >= 4 is 17.8 Å². The number of nitrogens with one attached hydrogen (secondary N) is 3. The number of carbonyl (C=O) groups is 2. The molecule has 2 aromatic rings. The zero-order chi connectivity index (χ0) is 15.7. The third-order valence-electron chi connectivity index (χ3n) is 3.48. The van der Waals surface area contributed by atoms with Crippen LogP contribution in [0.25, 0.3) is 17.5 Å². The highest BCUT2D eigenvalue weighted by molar-refractivity contribution is 6.34. The molecule has 1 amide bonds. The average Bonchev–Trinajstić information content (AvgIpc) is 3.22. The third kappa shape index (κ3) is 2.24. The fourth-order valence-electron chi connectivity index (χ4n) is 2.34. The van der Waals surface area contributed by atoms with Crippen molar-refractivity contribution in [3.63, 3.8) is 0 Å². The van der Waals surface area contributed by atoms with Crippen molar-refractivity contribution in [3.8, 4) is 17.1 Å². The van der Waals surface area contributed by atoms with Gasteiger partial charge in [-0.1, -0.05) is 6.08 Å². The molecule has 3 N–H and O–H groups in total. The van der Waals surface area contributed by atoms with Crippen molar-refractivity contribution in [2.75, 3.05) is 7.11 Å². The summed E-state index contributed by atoms with van der Waals surface area (Å²) in [4.78, 5) is 30.2. The molecular formula is C16H15N3O3. The molecular weight excluding hydrogens is 282 g/mol. The smallest absolute Gasteiger partial charge is 0.259 e. The number of aromatic amines is 2. The summed E-state index contributed by atoms with van der Waals surface area (Å²) in [5.74, 6) is -0.159. The van der Waals surface area contributed by atoms with Crippen LogP contribution in [0.1, 0.15) is 12.6 Å². The van der Waals surface area contributed by atoms with Crippen LogP contribution in [0.3, 0.4) is 0 Å². The highest BCUT2D eigenvalue weighted by Crippen LogP contribution is 2.29. The molecule has 3 rings (SSSR count). The average molecular weight is 297 g/mol. The van der Waals surface area contributed by atoms with Crippen molar-refractivity contribution in [2.45, 2.75) is 6.92 Å². The lowest BCUT2D eigenvalue weighted by molar-refractivity contribution is -0.117. The van der Waals surface area contributed by atoms with Gasteiger partial charge in [0.25, 0.3) is 5.91 Å². The SMILES string of the molecule is CC=C1NC(=O)C(=Cc2[nH]c(-c3ccc[nH]3)cc2OC)C1=O. The molecule has 0 bridgehead atoms. The maximum Gasteiger partial charge on any atom is 0.259 e. The van der Waals surface area contributed by atoms with E-state index in [1.807, 2.05) is 24.4 Å². The highest BCUT2D eigenvalue weighted by Gasteiger charge is 2.30. The summed E-state index contributed by atoms with van der Waals surface area (Å²) >= 11 is 0. The van der Waals surface area contributed by atoms with Crippen molar-refractivity contribution in [1.29, 1.82) is 0 Å². The largest absolute Gasteiger partial charge is 0.494 e. The Balaban J connectivity index is 2.04. The molecule has 0 saturated carbocycles. The molecule has 6 heteroatoms. The van der Waals surface area contributed by atoms with E-state index in [1.165, 1.54) is 13.2 Å². The second-order valence-corrected chi connectivity index (χ2v) is 4.79. The summed E-state index contributed by atoms with van der Waals surface area (Å²) in [6, 6.07) is 5.60. The lowest BCUT2D eigenvalue weighted by Crippen LogP contribution is -2.13. The van der Waals surface area contributed by atoms with Crippen molar-refractivity contribution in [3.05, 3.63) is 47.4 Å². The summed E-state index contributed by atoms with van der Waals surface area (Å²) in [7, 11) is 1.54. The second-order valence-electron chi connectivity index (χ2n) is 4.79. The van der Waals surface area contributed by atoms with Gasteiger partial charge in [0.2, 0.25) is 5.78 Å². The van der Waals surface area contributed by atoms with Crippen LogP contribution in [0.4, 0.5) is 0 Å². The molecule has 1 saturated heterocycles. The number of carbonyl (C=O) groups excluding carboxylic acids is 2. The number of ketones is 1. The van der Waals surface area contributed by atoms with Gasteiger partial charge in [-0.05, 0) is 25.1 Å². The van der Waals surface area contributed by atoms with Crippen LogP contribution in [0.15, 0.2) is 41.7 Å². The number of amides is 1. The first-order valence-electron chi connectivity index (χ1n) is 6.79. The molecule has 6 nitrogen and oxygen atoms in total. The van der Waals surface area contributed by atoms with E-state index in [-0.39, 0.29) is 11.4 Å². The Labute approximate surface area is 126 Å². The predicted molar refractivity (Wildman–Crippen MR) is 82.0 cm³/mol. The first-order chi connectivity index (χ1) is 10.6. The Bertz CT molecular complexity index is 795. The minimum absolute atomic E-state index is 0.0892. The summed E-state index contributed by atoms with van der Waals surface area (Å²) in [6.07, 6.45) is 4.91. The van der Waals surface area contributed by atoms with E-state index < -0.39 is 5.91 Å². The Kier molecular flexibility index (Phi) is 3.42. The number of ether oxygens (including phenoxy) is 1. The Morgan fingerprint density at radius 1 is 1.23 bits per heavy atom. The molecule has 0 aromatic carbocycles. The van der Waals surface area contributed by atoms with E-state index in [9.17, 15) is 9.59 Å². The van der Waals surface area contributed by atoms with Gasteiger partial charge in [0.15, 0.2) is 0 Å². The molecule has 1 aliphatic rings. The standard InChI is InChI=1S/C16H15N3O3/c1-3-10-15(20)9(16(21)19-10)7-13-14(22-2)8-12(18-13)11-5-4-6-17-11/h3-8,17-18H,1-2H3,(H,19,21). The minimum atomic E-state index is -0.406. The van der Waals surface area contributed by atoms with Crippen LogP contribution in [0.2, 0.25) is 0 Å². The number of methoxy groups -OCH3 is 1. The molecule has 0 spiro atoms. The molecule has 112 valence electrons. The van der Waals surface area contributed by atoms with Gasteiger partial charge in [0.05, 0.1) is 35.5 Å².